The summed E-state index contributed by atoms with van der Waals surface area (Å²) < 4.78 is 0. The van der Waals surface area contributed by atoms with Crippen LogP contribution in [0.2, 0.25) is 0 Å². The van der Waals surface area contributed by atoms with Gasteiger partial charge in [0.05, 0.1) is 11.4 Å². The van der Waals surface area contributed by atoms with Crippen molar-refractivity contribution in [2.24, 2.45) is 11.8 Å². The van der Waals surface area contributed by atoms with Gasteiger partial charge >= 0.3 is 0 Å². The lowest BCUT2D eigenvalue weighted by Crippen LogP contribution is -2.47. The van der Waals surface area contributed by atoms with Gasteiger partial charge in [-0.05, 0) is 49.9 Å². The Labute approximate surface area is 159 Å². The Kier molecular flexibility index (Phi) is 5.10. The first-order valence-corrected chi connectivity index (χ1v) is 9.72. The molecule has 4 rings (SSSR count). The van der Waals surface area contributed by atoms with Crippen molar-refractivity contribution < 1.29 is 9.59 Å². The highest BCUT2D eigenvalue weighted by Crippen LogP contribution is 2.32. The molecule has 2 aromatic rings. The number of hydrogen-bond acceptors (Lipinski definition) is 3. The molecule has 1 saturated carbocycles. The molecular formula is C22H25N3O2. The van der Waals surface area contributed by atoms with Crippen LogP contribution in [0.1, 0.15) is 25.7 Å². The summed E-state index contributed by atoms with van der Waals surface area (Å²) in [5.41, 5.74) is 4.92. The minimum absolute atomic E-state index is 0.0150. The average Bonchev–Trinajstić information content (AvgIpc) is 3.58. The van der Waals surface area contributed by atoms with Crippen molar-refractivity contribution in [2.45, 2.75) is 25.7 Å². The smallest absolute Gasteiger partial charge is 0.242 e. The van der Waals surface area contributed by atoms with Crippen molar-refractivity contribution >= 4 is 23.2 Å². The molecule has 0 bridgehead atoms. The molecule has 2 fully saturated rings. The Morgan fingerprint density at radius 1 is 0.778 bits per heavy atom. The zero-order chi connectivity index (χ0) is 18.6. The quantitative estimate of drug-likeness (QED) is 0.827. The van der Waals surface area contributed by atoms with Crippen molar-refractivity contribution in [1.82, 2.24) is 10.3 Å². The van der Waals surface area contributed by atoms with Crippen LogP contribution in [0.4, 0.5) is 11.4 Å². The van der Waals surface area contributed by atoms with Crippen LogP contribution in [-0.4, -0.2) is 29.8 Å². The molecule has 140 valence electrons. The van der Waals surface area contributed by atoms with Gasteiger partial charge in [0.15, 0.2) is 0 Å². The molecule has 2 aromatic carbocycles. The van der Waals surface area contributed by atoms with Gasteiger partial charge in [-0.15, -0.1) is 0 Å². The molecule has 2 amide bonds. The van der Waals surface area contributed by atoms with E-state index >= 15 is 0 Å². The maximum Gasteiger partial charge on any atom is 0.242 e. The Morgan fingerprint density at radius 3 is 1.78 bits per heavy atom. The van der Waals surface area contributed by atoms with E-state index in [1.54, 1.807) is 0 Å². The second-order valence-electron chi connectivity index (χ2n) is 7.36. The number of carbonyl (C=O) groups excluding carboxylic acids is 2. The first-order chi connectivity index (χ1) is 13.2. The highest BCUT2D eigenvalue weighted by atomic mass is 16.2. The number of para-hydroxylation sites is 2. The number of hydrogen-bond donors (Lipinski definition) is 1. The van der Waals surface area contributed by atoms with Gasteiger partial charge in [0.25, 0.3) is 0 Å². The van der Waals surface area contributed by atoms with Gasteiger partial charge in [0.2, 0.25) is 11.8 Å². The highest BCUT2D eigenvalue weighted by molar-refractivity contribution is 5.84. The monoisotopic (exact) mass is 363 g/mol. The molecule has 27 heavy (non-hydrogen) atoms. The van der Waals surface area contributed by atoms with Crippen LogP contribution >= 0.6 is 0 Å². The van der Waals surface area contributed by atoms with Crippen molar-refractivity contribution in [3.8, 4) is 0 Å². The van der Waals surface area contributed by atoms with Crippen molar-refractivity contribution in [3.63, 3.8) is 0 Å². The SMILES string of the molecule is O=C(NN(c1ccccc1)c1ccccc1)C1CCN(C(=O)C2CC2)CC1. The van der Waals surface area contributed by atoms with Crippen LogP contribution in [0.3, 0.4) is 0 Å². The molecule has 0 spiro atoms. The van der Waals surface area contributed by atoms with Crippen molar-refractivity contribution in [2.75, 3.05) is 18.1 Å². The van der Waals surface area contributed by atoms with Gasteiger partial charge in [-0.2, -0.15) is 0 Å². The van der Waals surface area contributed by atoms with E-state index in [-0.39, 0.29) is 23.7 Å². The largest absolute Gasteiger partial charge is 0.342 e. The first kappa shape index (κ1) is 17.6. The topological polar surface area (TPSA) is 52.7 Å². The van der Waals surface area contributed by atoms with E-state index in [1.807, 2.05) is 70.6 Å². The molecule has 5 nitrogen and oxygen atoms in total. The number of piperidine rings is 1. The summed E-state index contributed by atoms with van der Waals surface area (Å²) in [6.07, 6.45) is 3.51. The molecule has 5 heteroatoms. The fourth-order valence-corrected chi connectivity index (χ4v) is 3.58. The van der Waals surface area contributed by atoms with E-state index in [9.17, 15) is 9.59 Å². The van der Waals surface area contributed by atoms with E-state index in [4.69, 9.17) is 0 Å². The van der Waals surface area contributed by atoms with E-state index in [2.05, 4.69) is 5.43 Å². The zero-order valence-corrected chi connectivity index (χ0v) is 15.4. The molecule has 1 aliphatic carbocycles. The number of amides is 2. The van der Waals surface area contributed by atoms with E-state index < -0.39 is 0 Å². The molecule has 1 N–H and O–H groups in total. The Hall–Kier alpha value is -2.82. The Morgan fingerprint density at radius 2 is 1.30 bits per heavy atom. The summed E-state index contributed by atoms with van der Waals surface area (Å²) in [6, 6.07) is 19.7. The van der Waals surface area contributed by atoms with Gasteiger partial charge in [-0.25, -0.2) is 0 Å². The van der Waals surface area contributed by atoms with Crippen LogP contribution in [0.25, 0.3) is 0 Å². The predicted octanol–water partition coefficient (Wildman–Crippen LogP) is 3.50. The fraction of sp³-hybridized carbons (Fsp3) is 0.364. The molecule has 0 unspecified atom stereocenters. The lowest BCUT2D eigenvalue weighted by atomic mass is 9.96. The van der Waals surface area contributed by atoms with Crippen molar-refractivity contribution in [3.05, 3.63) is 60.7 Å². The molecule has 1 aliphatic heterocycles. The average molecular weight is 363 g/mol. The summed E-state index contributed by atoms with van der Waals surface area (Å²) >= 11 is 0. The third kappa shape index (κ3) is 4.13. The number of rotatable bonds is 5. The highest BCUT2D eigenvalue weighted by Gasteiger charge is 2.36. The second kappa shape index (κ2) is 7.82. The summed E-state index contributed by atoms with van der Waals surface area (Å²) in [4.78, 5) is 27.1. The maximum atomic E-state index is 12.9. The summed E-state index contributed by atoms with van der Waals surface area (Å²) in [5, 5.41) is 1.84. The predicted molar refractivity (Wildman–Crippen MR) is 105 cm³/mol. The van der Waals surface area contributed by atoms with Gasteiger partial charge in [0.1, 0.15) is 0 Å². The van der Waals surface area contributed by atoms with Gasteiger partial charge in [-0.3, -0.25) is 20.0 Å². The number of nitrogens with zero attached hydrogens (tertiary/aromatic N) is 2. The lowest BCUT2D eigenvalue weighted by molar-refractivity contribution is -0.136. The van der Waals surface area contributed by atoms with E-state index in [0.717, 1.165) is 37.1 Å². The normalized spacial score (nSPS) is 17.4. The molecule has 0 radical (unpaired) electrons. The Balaban J connectivity index is 1.42. The van der Waals surface area contributed by atoms with E-state index in [1.165, 1.54) is 0 Å². The lowest BCUT2D eigenvalue weighted by Gasteiger charge is -2.33. The van der Waals surface area contributed by atoms with Crippen LogP contribution in [-0.2, 0) is 9.59 Å². The van der Waals surface area contributed by atoms with Gasteiger partial charge < -0.3 is 4.90 Å². The van der Waals surface area contributed by atoms with Crippen LogP contribution < -0.4 is 10.4 Å². The van der Waals surface area contributed by atoms with Gasteiger partial charge in [-0.1, -0.05) is 36.4 Å². The number of anilines is 2. The third-order valence-electron chi connectivity index (χ3n) is 5.35. The minimum atomic E-state index is -0.0665. The standard InChI is InChI=1S/C22H25N3O2/c26-21(17-13-15-24(16-14-17)22(27)18-11-12-18)23-25(19-7-3-1-4-8-19)20-9-5-2-6-10-20/h1-10,17-18H,11-16H2,(H,23,26). The first-order valence-electron chi connectivity index (χ1n) is 9.72. The molecule has 1 saturated heterocycles. The number of likely N-dealkylation sites (tertiary alicyclic amines) is 1. The van der Waals surface area contributed by atoms with Crippen LogP contribution in [0.5, 0.6) is 0 Å². The van der Waals surface area contributed by atoms with E-state index in [0.29, 0.717) is 13.1 Å². The summed E-state index contributed by atoms with van der Waals surface area (Å²) in [5.74, 6) is 0.482. The maximum absolute atomic E-state index is 12.9. The molecule has 0 aromatic heterocycles. The summed E-state index contributed by atoms with van der Waals surface area (Å²) in [7, 11) is 0. The summed E-state index contributed by atoms with van der Waals surface area (Å²) in [6.45, 7) is 1.37. The fourth-order valence-electron chi connectivity index (χ4n) is 3.58. The van der Waals surface area contributed by atoms with Crippen LogP contribution in [0, 0.1) is 11.8 Å². The number of nitrogens with one attached hydrogen (secondary N) is 1. The zero-order valence-electron chi connectivity index (χ0n) is 15.4. The number of carbonyl (C=O) groups is 2. The second-order valence-corrected chi connectivity index (χ2v) is 7.36. The molecule has 2 aliphatic rings. The van der Waals surface area contributed by atoms with Crippen molar-refractivity contribution in [1.29, 1.82) is 0 Å². The third-order valence-corrected chi connectivity index (χ3v) is 5.35. The molecule has 0 atom stereocenters. The number of hydrazine groups is 1. The number of benzene rings is 2. The van der Waals surface area contributed by atoms with Gasteiger partial charge in [0, 0.05) is 24.9 Å². The molecule has 1 heterocycles. The Bertz CT molecular complexity index is 742. The molecular weight excluding hydrogens is 338 g/mol. The van der Waals surface area contributed by atoms with Crippen LogP contribution in [0.15, 0.2) is 60.7 Å². The minimum Gasteiger partial charge on any atom is -0.342 e.